The quantitative estimate of drug-likeness (QED) is 0.585. The lowest BCUT2D eigenvalue weighted by molar-refractivity contribution is 0.0982. The number of aryl methyl sites for hydroxylation is 2. The third-order valence-electron chi connectivity index (χ3n) is 2.76. The molecule has 0 aliphatic carbocycles. The molecule has 0 spiro atoms. The third kappa shape index (κ3) is 3.50. The lowest BCUT2D eigenvalue weighted by atomic mass is 10.2. The summed E-state index contributed by atoms with van der Waals surface area (Å²) in [5.41, 5.74) is 0.716. The topological polar surface area (TPSA) is 52.0 Å². The molecule has 2 heterocycles. The maximum absolute atomic E-state index is 11.9. The molecule has 2 aromatic rings. The average molecular weight is 388 g/mol. The van der Waals surface area contributed by atoms with Crippen LogP contribution in [0.25, 0.3) is 0 Å². The molecule has 19 heavy (non-hydrogen) atoms. The molecule has 100 valence electrons. The minimum atomic E-state index is -0.0309. The standard InChI is InChI=1S/C13H13IN2O2S/c1-9-12(14)13(18)16(8-15-9)6-2-4-10(17)11-5-3-7-19-11/h3,5,7-8H,2,4,6H2,1H3. The first-order valence-corrected chi connectivity index (χ1v) is 7.83. The first-order valence-electron chi connectivity index (χ1n) is 5.88. The highest BCUT2D eigenvalue weighted by Gasteiger charge is 2.08. The zero-order valence-corrected chi connectivity index (χ0v) is 13.4. The van der Waals surface area contributed by atoms with Crippen LogP contribution < -0.4 is 5.56 Å². The monoisotopic (exact) mass is 388 g/mol. The van der Waals surface area contributed by atoms with E-state index in [1.54, 1.807) is 10.9 Å². The molecule has 2 aromatic heterocycles. The van der Waals surface area contributed by atoms with Gasteiger partial charge in [0.05, 0.1) is 20.5 Å². The summed E-state index contributed by atoms with van der Waals surface area (Å²) in [4.78, 5) is 28.7. The van der Waals surface area contributed by atoms with E-state index in [-0.39, 0.29) is 11.3 Å². The number of nitrogens with zero attached hydrogens (tertiary/aromatic N) is 2. The Bertz CT molecular complexity index is 635. The van der Waals surface area contributed by atoms with Crippen LogP contribution in [0.15, 0.2) is 28.6 Å². The first kappa shape index (κ1) is 14.4. The highest BCUT2D eigenvalue weighted by atomic mass is 127. The van der Waals surface area contributed by atoms with Crippen LogP contribution in [0.2, 0.25) is 0 Å². The Morgan fingerprint density at radius 1 is 1.53 bits per heavy atom. The fourth-order valence-electron chi connectivity index (χ4n) is 1.68. The summed E-state index contributed by atoms with van der Waals surface area (Å²) in [6.07, 6.45) is 2.66. The van der Waals surface area contributed by atoms with Crippen LogP contribution in [0.3, 0.4) is 0 Å². The summed E-state index contributed by atoms with van der Waals surface area (Å²) >= 11 is 3.46. The predicted octanol–water partition coefficient (Wildman–Crippen LogP) is 2.88. The van der Waals surface area contributed by atoms with Gasteiger partial charge in [0.1, 0.15) is 0 Å². The highest BCUT2D eigenvalue weighted by Crippen LogP contribution is 2.12. The van der Waals surface area contributed by atoms with E-state index in [1.807, 2.05) is 47.0 Å². The molecule has 0 atom stereocenters. The van der Waals surface area contributed by atoms with Crippen molar-refractivity contribution in [1.82, 2.24) is 9.55 Å². The minimum absolute atomic E-state index is 0.0309. The summed E-state index contributed by atoms with van der Waals surface area (Å²) in [5, 5.41) is 1.89. The molecule has 0 amide bonds. The molecule has 2 rings (SSSR count). The number of hydrogen-bond donors (Lipinski definition) is 0. The molecule has 0 bridgehead atoms. The average Bonchev–Trinajstić information content (AvgIpc) is 2.92. The molecule has 0 saturated heterocycles. The lowest BCUT2D eigenvalue weighted by Gasteiger charge is -2.06. The maximum Gasteiger partial charge on any atom is 0.266 e. The fourth-order valence-corrected chi connectivity index (χ4v) is 2.82. The molecule has 6 heteroatoms. The summed E-state index contributed by atoms with van der Waals surface area (Å²) in [6, 6.07) is 3.70. The molecule has 0 radical (unpaired) electrons. The van der Waals surface area contributed by atoms with Crippen molar-refractivity contribution >= 4 is 39.7 Å². The van der Waals surface area contributed by atoms with Crippen LogP contribution in [0.4, 0.5) is 0 Å². The molecule has 0 fully saturated rings. The smallest absolute Gasteiger partial charge is 0.266 e. The van der Waals surface area contributed by atoms with Crippen molar-refractivity contribution in [3.05, 3.63) is 48.3 Å². The second kappa shape index (κ2) is 6.42. The summed E-state index contributed by atoms with van der Waals surface area (Å²) in [7, 11) is 0. The molecule has 0 unspecified atom stereocenters. The highest BCUT2D eigenvalue weighted by molar-refractivity contribution is 14.1. The van der Waals surface area contributed by atoms with E-state index in [0.717, 1.165) is 10.6 Å². The second-order valence-electron chi connectivity index (χ2n) is 4.15. The SMILES string of the molecule is Cc1ncn(CCCC(=O)c2cccs2)c(=O)c1I. The van der Waals surface area contributed by atoms with Crippen LogP contribution in [0, 0.1) is 10.5 Å². The largest absolute Gasteiger partial charge is 0.298 e. The molecule has 4 nitrogen and oxygen atoms in total. The van der Waals surface area contributed by atoms with E-state index in [1.165, 1.54) is 11.3 Å². The number of aromatic nitrogens is 2. The van der Waals surface area contributed by atoms with Gasteiger partial charge in [-0.15, -0.1) is 11.3 Å². The Hall–Kier alpha value is -1.02. The summed E-state index contributed by atoms with van der Waals surface area (Å²) < 4.78 is 2.21. The Morgan fingerprint density at radius 2 is 2.32 bits per heavy atom. The van der Waals surface area contributed by atoms with E-state index in [9.17, 15) is 9.59 Å². The van der Waals surface area contributed by atoms with Gasteiger partial charge in [-0.3, -0.25) is 14.2 Å². The van der Waals surface area contributed by atoms with E-state index < -0.39 is 0 Å². The van der Waals surface area contributed by atoms with Crippen molar-refractivity contribution in [3.63, 3.8) is 0 Å². The van der Waals surface area contributed by atoms with Crippen LogP contribution in [-0.4, -0.2) is 15.3 Å². The first-order chi connectivity index (χ1) is 9.09. The van der Waals surface area contributed by atoms with Gasteiger partial charge in [0.25, 0.3) is 5.56 Å². The van der Waals surface area contributed by atoms with Gasteiger partial charge in [-0.1, -0.05) is 6.07 Å². The zero-order chi connectivity index (χ0) is 13.8. The van der Waals surface area contributed by atoms with Crippen molar-refractivity contribution in [2.45, 2.75) is 26.3 Å². The maximum atomic E-state index is 11.9. The summed E-state index contributed by atoms with van der Waals surface area (Å²) in [5.74, 6) is 0.137. The lowest BCUT2D eigenvalue weighted by Crippen LogP contribution is -2.24. The van der Waals surface area contributed by atoms with Crippen LogP contribution in [0.5, 0.6) is 0 Å². The zero-order valence-electron chi connectivity index (χ0n) is 10.4. The normalized spacial score (nSPS) is 10.6. The van der Waals surface area contributed by atoms with E-state index >= 15 is 0 Å². The number of carbonyl (C=O) groups excluding carboxylic acids is 1. The molecule has 0 aliphatic heterocycles. The van der Waals surface area contributed by atoms with Gasteiger partial charge in [0.2, 0.25) is 0 Å². The van der Waals surface area contributed by atoms with E-state index in [4.69, 9.17) is 0 Å². The van der Waals surface area contributed by atoms with Crippen LogP contribution >= 0.6 is 33.9 Å². The van der Waals surface area contributed by atoms with Crippen molar-refractivity contribution in [3.8, 4) is 0 Å². The molecule has 0 aliphatic rings. The van der Waals surface area contributed by atoms with Crippen molar-refractivity contribution in [2.75, 3.05) is 0 Å². The molecular formula is C13H13IN2O2S. The van der Waals surface area contributed by atoms with Crippen molar-refractivity contribution in [1.29, 1.82) is 0 Å². The number of hydrogen-bond acceptors (Lipinski definition) is 4. The number of rotatable bonds is 5. The Morgan fingerprint density at radius 3 is 3.00 bits per heavy atom. The number of ketones is 1. The predicted molar refractivity (Wildman–Crippen MR) is 83.8 cm³/mol. The Labute approximate surface area is 128 Å². The van der Waals surface area contributed by atoms with Gasteiger partial charge < -0.3 is 0 Å². The Kier molecular flexibility index (Phi) is 4.87. The van der Waals surface area contributed by atoms with Gasteiger partial charge in [0.15, 0.2) is 5.78 Å². The van der Waals surface area contributed by atoms with Gasteiger partial charge in [0, 0.05) is 13.0 Å². The molecule has 0 aromatic carbocycles. The number of halogens is 1. The molecular weight excluding hydrogens is 375 g/mol. The molecule has 0 N–H and O–H groups in total. The van der Waals surface area contributed by atoms with Gasteiger partial charge in [-0.25, -0.2) is 4.98 Å². The van der Waals surface area contributed by atoms with Crippen molar-refractivity contribution in [2.24, 2.45) is 0 Å². The Balaban J connectivity index is 1.95. The van der Waals surface area contributed by atoms with Gasteiger partial charge in [-0.2, -0.15) is 0 Å². The second-order valence-corrected chi connectivity index (χ2v) is 6.17. The minimum Gasteiger partial charge on any atom is -0.298 e. The van der Waals surface area contributed by atoms with Crippen molar-refractivity contribution < 1.29 is 4.79 Å². The number of thiophene rings is 1. The number of carbonyl (C=O) groups is 1. The van der Waals surface area contributed by atoms with E-state index in [2.05, 4.69) is 4.98 Å². The number of Topliss-reactive ketones (excluding diaryl/α,β-unsaturated/α-hetero) is 1. The third-order valence-corrected chi connectivity index (χ3v) is 4.91. The van der Waals surface area contributed by atoms with Gasteiger partial charge in [-0.05, 0) is 47.4 Å². The van der Waals surface area contributed by atoms with Crippen LogP contribution in [0.1, 0.15) is 28.2 Å². The molecule has 0 saturated carbocycles. The van der Waals surface area contributed by atoms with E-state index in [0.29, 0.717) is 23.0 Å². The van der Waals surface area contributed by atoms with Crippen LogP contribution in [-0.2, 0) is 6.54 Å². The fraction of sp³-hybridized carbons (Fsp3) is 0.308. The summed E-state index contributed by atoms with van der Waals surface area (Å²) in [6.45, 7) is 2.34. The van der Waals surface area contributed by atoms with Gasteiger partial charge >= 0.3 is 0 Å².